The molecule has 3 atom stereocenters. The maximum absolute atomic E-state index is 12.2. The molecule has 7 nitrogen and oxygen atoms in total. The van der Waals surface area contributed by atoms with Gasteiger partial charge in [-0.05, 0) is 51.7 Å². The number of aliphatic hydroxyl groups is 1. The molecule has 0 fully saturated rings. The molecule has 0 aliphatic carbocycles. The topological polar surface area (TPSA) is 94.0 Å². The van der Waals surface area contributed by atoms with Crippen molar-refractivity contribution in [3.63, 3.8) is 0 Å². The van der Waals surface area contributed by atoms with Gasteiger partial charge in [-0.15, -0.1) is 0 Å². The molecule has 0 aromatic heterocycles. The molecular formula is C25H38N4O3. The molecule has 176 valence electrons. The number of nitrogens with one attached hydrogen (secondary N) is 2. The number of allylic oxidation sites excluding steroid dienone is 3. The molecule has 0 aliphatic heterocycles. The maximum atomic E-state index is 12.2. The second-order valence-electron chi connectivity index (χ2n) is 7.77. The van der Waals surface area contributed by atoms with E-state index in [1.54, 1.807) is 6.21 Å². The van der Waals surface area contributed by atoms with Crippen LogP contribution in [0.4, 0.5) is 0 Å². The zero-order valence-corrected chi connectivity index (χ0v) is 19.9. The van der Waals surface area contributed by atoms with Gasteiger partial charge < -0.3 is 15.7 Å². The molecule has 2 amide bonds. The molecule has 0 bridgehead atoms. The Morgan fingerprint density at radius 2 is 1.91 bits per heavy atom. The van der Waals surface area contributed by atoms with Gasteiger partial charge in [0.1, 0.15) is 6.54 Å². The van der Waals surface area contributed by atoms with Crippen LogP contribution in [0, 0.1) is 0 Å². The number of hydrogen-bond acceptors (Lipinski definition) is 5. The minimum Gasteiger partial charge on any atom is -0.387 e. The summed E-state index contributed by atoms with van der Waals surface area (Å²) in [4.78, 5) is 23.8. The lowest BCUT2D eigenvalue weighted by Crippen LogP contribution is -2.38. The Kier molecular flexibility index (Phi) is 12.9. The van der Waals surface area contributed by atoms with Crippen molar-refractivity contribution in [1.82, 2.24) is 15.6 Å². The van der Waals surface area contributed by atoms with Gasteiger partial charge in [0.05, 0.1) is 6.10 Å². The predicted molar refractivity (Wildman–Crippen MR) is 130 cm³/mol. The Balaban J connectivity index is 2.45. The number of carbonyl (C=O) groups is 2. The van der Waals surface area contributed by atoms with Crippen molar-refractivity contribution in [3.8, 4) is 0 Å². The number of carbonyl (C=O) groups excluding carboxylic acids is 2. The molecular weight excluding hydrogens is 404 g/mol. The summed E-state index contributed by atoms with van der Waals surface area (Å²) in [6, 6.07) is 9.79. The van der Waals surface area contributed by atoms with Crippen LogP contribution in [0.5, 0.6) is 0 Å². The van der Waals surface area contributed by atoms with Gasteiger partial charge in [-0.2, -0.15) is 5.10 Å². The molecule has 0 saturated carbocycles. The SMILES string of the molecule is C/C=C(\C=C/CC[C@H](C)N[C@H](C)[C@H](O)c1ccccc1)NC(=O)CN(/N=C\CC)C(C)=O. The second-order valence-corrected chi connectivity index (χ2v) is 7.77. The van der Waals surface area contributed by atoms with E-state index in [0.717, 1.165) is 23.4 Å². The summed E-state index contributed by atoms with van der Waals surface area (Å²) < 4.78 is 0. The van der Waals surface area contributed by atoms with Crippen LogP contribution in [0.2, 0.25) is 0 Å². The van der Waals surface area contributed by atoms with Gasteiger partial charge >= 0.3 is 0 Å². The van der Waals surface area contributed by atoms with E-state index in [1.165, 1.54) is 6.92 Å². The molecule has 3 N–H and O–H groups in total. The highest BCUT2D eigenvalue weighted by Gasteiger charge is 2.17. The number of benzene rings is 1. The number of rotatable bonds is 13. The number of nitrogens with zero attached hydrogens (tertiary/aromatic N) is 2. The first-order valence-corrected chi connectivity index (χ1v) is 11.2. The summed E-state index contributed by atoms with van der Waals surface area (Å²) in [6.07, 6.45) is 9.10. The minimum atomic E-state index is -0.560. The Labute approximate surface area is 192 Å². The van der Waals surface area contributed by atoms with E-state index in [9.17, 15) is 14.7 Å². The van der Waals surface area contributed by atoms with Crippen LogP contribution in [0.3, 0.4) is 0 Å². The highest BCUT2D eigenvalue weighted by atomic mass is 16.3. The number of aliphatic hydroxyl groups excluding tert-OH is 1. The molecule has 0 heterocycles. The third-order valence-electron chi connectivity index (χ3n) is 4.88. The van der Waals surface area contributed by atoms with E-state index in [2.05, 4.69) is 22.7 Å². The Morgan fingerprint density at radius 1 is 1.22 bits per heavy atom. The summed E-state index contributed by atoms with van der Waals surface area (Å²) in [5, 5.41) is 21.9. The lowest BCUT2D eigenvalue weighted by atomic mass is 10.0. The largest absolute Gasteiger partial charge is 0.387 e. The lowest BCUT2D eigenvalue weighted by molar-refractivity contribution is -0.134. The first kappa shape index (κ1) is 27.3. The number of amides is 2. The average molecular weight is 443 g/mol. The molecule has 1 aromatic carbocycles. The van der Waals surface area contributed by atoms with Crippen LogP contribution < -0.4 is 10.6 Å². The summed E-state index contributed by atoms with van der Waals surface area (Å²) >= 11 is 0. The molecule has 7 heteroatoms. The van der Waals surface area contributed by atoms with Crippen LogP contribution in [0.1, 0.15) is 65.5 Å². The predicted octanol–water partition coefficient (Wildman–Crippen LogP) is 3.69. The third kappa shape index (κ3) is 10.5. The minimum absolute atomic E-state index is 0.0682. The fourth-order valence-corrected chi connectivity index (χ4v) is 3.08. The Morgan fingerprint density at radius 3 is 2.50 bits per heavy atom. The molecule has 0 radical (unpaired) electrons. The van der Waals surface area contributed by atoms with Crippen molar-refractivity contribution in [2.24, 2.45) is 5.10 Å². The highest BCUT2D eigenvalue weighted by molar-refractivity contribution is 5.85. The van der Waals surface area contributed by atoms with Gasteiger partial charge in [-0.25, -0.2) is 5.01 Å². The van der Waals surface area contributed by atoms with Crippen molar-refractivity contribution in [3.05, 3.63) is 59.8 Å². The average Bonchev–Trinajstić information content (AvgIpc) is 2.78. The van der Waals surface area contributed by atoms with Gasteiger partial charge in [0.25, 0.3) is 0 Å². The van der Waals surface area contributed by atoms with E-state index in [4.69, 9.17) is 0 Å². The van der Waals surface area contributed by atoms with E-state index < -0.39 is 6.10 Å². The smallest absolute Gasteiger partial charge is 0.246 e. The van der Waals surface area contributed by atoms with Crippen LogP contribution >= 0.6 is 0 Å². The van der Waals surface area contributed by atoms with Crippen molar-refractivity contribution < 1.29 is 14.7 Å². The van der Waals surface area contributed by atoms with Crippen LogP contribution in [-0.2, 0) is 9.59 Å². The first-order valence-electron chi connectivity index (χ1n) is 11.2. The van der Waals surface area contributed by atoms with Gasteiger partial charge in [-0.1, -0.05) is 49.4 Å². The molecule has 1 rings (SSSR count). The molecule has 1 aromatic rings. The summed E-state index contributed by atoms with van der Waals surface area (Å²) in [6.45, 7) is 9.08. The van der Waals surface area contributed by atoms with Gasteiger partial charge in [0, 0.05) is 30.9 Å². The van der Waals surface area contributed by atoms with E-state index in [1.807, 2.05) is 69.3 Å². The maximum Gasteiger partial charge on any atom is 0.246 e. The first-order chi connectivity index (χ1) is 15.3. The van der Waals surface area contributed by atoms with Crippen molar-refractivity contribution in [2.75, 3.05) is 6.54 Å². The zero-order chi connectivity index (χ0) is 23.9. The van der Waals surface area contributed by atoms with Gasteiger partial charge in [-0.3, -0.25) is 9.59 Å². The van der Waals surface area contributed by atoms with Crippen molar-refractivity contribution in [2.45, 2.75) is 72.1 Å². The zero-order valence-electron chi connectivity index (χ0n) is 19.9. The fraction of sp³-hybridized carbons (Fsp3) is 0.480. The van der Waals surface area contributed by atoms with E-state index >= 15 is 0 Å². The summed E-state index contributed by atoms with van der Waals surface area (Å²) in [5.41, 5.74) is 1.57. The standard InChI is InChI=1S/C25H38N4O3/c1-6-17-26-29(21(5)30)18-24(31)28-23(7-2)16-12-11-13-19(3)27-20(4)25(32)22-14-9-8-10-15-22/h7-10,12,14-17,19-20,25,27,32H,6,11,13,18H2,1-5H3,(H,28,31)/b16-12-,23-7+,26-17-/t19-,20+,25-/m0/s1. The van der Waals surface area contributed by atoms with Gasteiger partial charge in [0.15, 0.2) is 0 Å². The number of hydrazone groups is 1. The fourth-order valence-electron chi connectivity index (χ4n) is 3.08. The van der Waals surface area contributed by atoms with Gasteiger partial charge in [0.2, 0.25) is 11.8 Å². The van der Waals surface area contributed by atoms with Crippen molar-refractivity contribution >= 4 is 18.0 Å². The van der Waals surface area contributed by atoms with Crippen molar-refractivity contribution in [1.29, 1.82) is 0 Å². The second kappa shape index (κ2) is 15.1. The monoisotopic (exact) mass is 442 g/mol. The van der Waals surface area contributed by atoms with E-state index in [-0.39, 0.29) is 30.4 Å². The Hall–Kier alpha value is -2.77. The Bertz CT molecular complexity index is 790. The summed E-state index contributed by atoms with van der Waals surface area (Å²) in [5.74, 6) is -0.583. The highest BCUT2D eigenvalue weighted by Crippen LogP contribution is 2.17. The molecule has 0 saturated heterocycles. The lowest BCUT2D eigenvalue weighted by Gasteiger charge is -2.24. The third-order valence-corrected chi connectivity index (χ3v) is 4.88. The molecule has 0 unspecified atom stereocenters. The van der Waals surface area contributed by atoms with Crippen LogP contribution in [-0.4, -0.2) is 46.8 Å². The molecule has 0 aliphatic rings. The van der Waals surface area contributed by atoms with E-state index in [0.29, 0.717) is 12.1 Å². The molecule has 32 heavy (non-hydrogen) atoms. The van der Waals surface area contributed by atoms with Crippen LogP contribution in [0.25, 0.3) is 0 Å². The quantitative estimate of drug-likeness (QED) is 0.247. The number of hydrogen-bond donors (Lipinski definition) is 3. The van der Waals surface area contributed by atoms with Crippen LogP contribution in [0.15, 0.2) is 59.4 Å². The molecule has 0 spiro atoms. The normalized spacial score (nSPS) is 15.0. The summed E-state index contributed by atoms with van der Waals surface area (Å²) in [7, 11) is 0.